The number of esters is 1. The smallest absolute Gasteiger partial charge is 0.338 e. The summed E-state index contributed by atoms with van der Waals surface area (Å²) >= 11 is 13.2. The number of hydrogen-bond donors (Lipinski definition) is 1. The molecule has 0 bridgehead atoms. The number of sulfone groups is 1. The van der Waals surface area contributed by atoms with E-state index in [1.807, 2.05) is 0 Å². The fourth-order valence-corrected chi connectivity index (χ4v) is 7.63. The van der Waals surface area contributed by atoms with Gasteiger partial charge < -0.3 is 10.5 Å². The number of ether oxygens (including phenoxy) is 1. The zero-order valence-electron chi connectivity index (χ0n) is 21.0. The van der Waals surface area contributed by atoms with Gasteiger partial charge in [-0.2, -0.15) is 0 Å². The predicted molar refractivity (Wildman–Crippen MR) is 158 cm³/mol. The van der Waals surface area contributed by atoms with Crippen molar-refractivity contribution in [3.05, 3.63) is 124 Å². The Morgan fingerprint density at radius 1 is 1.00 bits per heavy atom. The highest BCUT2D eigenvalue weighted by Crippen LogP contribution is 2.42. The van der Waals surface area contributed by atoms with Crippen molar-refractivity contribution in [3.63, 3.8) is 0 Å². The Kier molecular flexibility index (Phi) is 7.74. The van der Waals surface area contributed by atoms with E-state index in [-0.39, 0.29) is 37.0 Å². The van der Waals surface area contributed by atoms with Gasteiger partial charge in [0.2, 0.25) is 9.84 Å². The van der Waals surface area contributed by atoms with E-state index in [0.717, 1.165) is 15.9 Å². The molecule has 2 heterocycles. The predicted octanol–water partition coefficient (Wildman–Crippen LogP) is 4.12. The largest absolute Gasteiger partial charge is 0.463 e. The highest BCUT2D eigenvalue weighted by Gasteiger charge is 2.42. The third kappa shape index (κ3) is 5.01. The second-order valence-corrected chi connectivity index (χ2v) is 12.6. The van der Waals surface area contributed by atoms with Crippen LogP contribution in [0.15, 0.2) is 93.5 Å². The Morgan fingerprint density at radius 2 is 1.60 bits per heavy atom. The number of nitrogens with zero attached hydrogens (tertiary/aromatic N) is 1. The lowest BCUT2D eigenvalue weighted by atomic mass is 9.89. The van der Waals surface area contributed by atoms with Crippen LogP contribution in [0.4, 0.5) is 0 Å². The standard InChI is InChI=1S/C29H22Cl2N2O5S2/c1-2-38-29(35)24-23(18-10-14-20(31)15-11-18)25(40(36,37)21-6-4-3-5-7-21)26(32)33-27(34)22(39-28(24)33)16-17-8-12-19(30)13-9-17/h3-16,23H,2,32H2,1H3. The van der Waals surface area contributed by atoms with Gasteiger partial charge in [0, 0.05) is 10.0 Å². The zero-order chi connectivity index (χ0) is 28.6. The first-order valence-corrected chi connectivity index (χ1v) is 15.1. The average Bonchev–Trinajstić information content (AvgIpc) is 3.26. The van der Waals surface area contributed by atoms with Crippen molar-refractivity contribution in [2.75, 3.05) is 6.61 Å². The second-order valence-electron chi connectivity index (χ2n) is 8.79. The molecule has 204 valence electrons. The molecule has 0 spiro atoms. The fraction of sp³-hybridized carbons (Fsp3) is 0.103. The highest BCUT2D eigenvalue weighted by atomic mass is 35.5. The number of halogens is 2. The number of benzene rings is 3. The van der Waals surface area contributed by atoms with E-state index in [1.165, 1.54) is 12.1 Å². The lowest BCUT2D eigenvalue weighted by Gasteiger charge is -2.28. The van der Waals surface area contributed by atoms with E-state index in [1.54, 1.807) is 79.7 Å². The number of fused-ring (bicyclic) bond motifs is 1. The molecule has 5 rings (SSSR count). The van der Waals surface area contributed by atoms with Crippen LogP contribution in [0, 0.1) is 0 Å². The monoisotopic (exact) mass is 612 g/mol. The molecule has 0 saturated carbocycles. The third-order valence-electron chi connectivity index (χ3n) is 6.31. The van der Waals surface area contributed by atoms with Crippen LogP contribution in [0.2, 0.25) is 10.0 Å². The van der Waals surface area contributed by atoms with Gasteiger partial charge >= 0.3 is 5.97 Å². The first kappa shape index (κ1) is 27.9. The maximum atomic E-state index is 14.2. The number of carbonyl (C=O) groups is 1. The Balaban J connectivity index is 1.92. The van der Waals surface area contributed by atoms with Crippen LogP contribution in [0.3, 0.4) is 0 Å². The topological polar surface area (TPSA) is 108 Å². The molecule has 2 N–H and O–H groups in total. The van der Waals surface area contributed by atoms with Gasteiger partial charge in [0.1, 0.15) is 15.4 Å². The second kappa shape index (κ2) is 11.1. The minimum atomic E-state index is -4.30. The summed E-state index contributed by atoms with van der Waals surface area (Å²) in [6.07, 6.45) is 1.63. The van der Waals surface area contributed by atoms with Gasteiger partial charge in [-0.05, 0) is 60.5 Å². The fourth-order valence-electron chi connectivity index (χ4n) is 4.51. The van der Waals surface area contributed by atoms with Gasteiger partial charge in [0.25, 0.3) is 5.56 Å². The van der Waals surface area contributed by atoms with Gasteiger partial charge in [-0.25, -0.2) is 13.2 Å². The van der Waals surface area contributed by atoms with Crippen LogP contribution in [-0.2, 0) is 19.4 Å². The Morgan fingerprint density at radius 3 is 2.20 bits per heavy atom. The van der Waals surface area contributed by atoms with Gasteiger partial charge in [-0.1, -0.05) is 65.7 Å². The molecule has 0 saturated heterocycles. The van der Waals surface area contributed by atoms with Gasteiger partial charge in [0.05, 0.1) is 27.5 Å². The van der Waals surface area contributed by atoms with E-state index in [0.29, 0.717) is 21.2 Å². The van der Waals surface area contributed by atoms with Crippen molar-refractivity contribution in [2.24, 2.45) is 5.73 Å². The molecule has 0 aliphatic carbocycles. The van der Waals surface area contributed by atoms with E-state index in [9.17, 15) is 18.0 Å². The van der Waals surface area contributed by atoms with E-state index in [2.05, 4.69) is 0 Å². The number of allylic oxidation sites excluding steroid dienone is 1. The maximum Gasteiger partial charge on any atom is 0.338 e. The molecule has 4 aromatic rings. The number of thiazole rings is 1. The minimum Gasteiger partial charge on any atom is -0.463 e. The first-order chi connectivity index (χ1) is 19.1. The molecule has 1 aliphatic rings. The zero-order valence-corrected chi connectivity index (χ0v) is 24.2. The van der Waals surface area contributed by atoms with Gasteiger partial charge in [0.15, 0.2) is 0 Å². The van der Waals surface area contributed by atoms with E-state index >= 15 is 0 Å². The molecule has 7 nitrogen and oxygen atoms in total. The number of hydrogen-bond acceptors (Lipinski definition) is 7. The quantitative estimate of drug-likeness (QED) is 0.328. The minimum absolute atomic E-state index is 0.00858. The Bertz CT molecular complexity index is 1930. The highest BCUT2D eigenvalue weighted by molar-refractivity contribution is 7.95. The van der Waals surface area contributed by atoms with Crippen molar-refractivity contribution in [2.45, 2.75) is 17.7 Å². The van der Waals surface area contributed by atoms with Gasteiger partial charge in [-0.3, -0.25) is 9.36 Å². The third-order valence-corrected chi connectivity index (χ3v) is 9.84. The summed E-state index contributed by atoms with van der Waals surface area (Å²) in [6, 6.07) is 21.0. The molecule has 0 amide bonds. The van der Waals surface area contributed by atoms with Crippen LogP contribution >= 0.6 is 34.5 Å². The molecule has 0 fully saturated rings. The van der Waals surface area contributed by atoms with E-state index in [4.69, 9.17) is 33.7 Å². The van der Waals surface area contributed by atoms with Crippen LogP contribution in [0.25, 0.3) is 17.5 Å². The lowest BCUT2D eigenvalue weighted by molar-refractivity contribution is -0.136. The van der Waals surface area contributed by atoms with Gasteiger partial charge in [-0.15, -0.1) is 11.3 Å². The van der Waals surface area contributed by atoms with Crippen molar-refractivity contribution in [3.8, 4) is 0 Å². The van der Waals surface area contributed by atoms with Crippen molar-refractivity contribution in [1.29, 1.82) is 0 Å². The summed E-state index contributed by atoms with van der Waals surface area (Å²) < 4.78 is 35.2. The molecule has 1 aromatic heterocycles. The Hall–Kier alpha value is -3.63. The van der Waals surface area contributed by atoms with Crippen LogP contribution in [0.1, 0.15) is 24.0 Å². The summed E-state index contributed by atoms with van der Waals surface area (Å²) in [5, 5.41) is 0.959. The number of rotatable bonds is 6. The Labute approximate surface area is 244 Å². The summed E-state index contributed by atoms with van der Waals surface area (Å²) in [5.41, 5.74) is 7.14. The normalized spacial score (nSPS) is 15.7. The molecular weight excluding hydrogens is 591 g/mol. The molecule has 1 unspecified atom stereocenters. The van der Waals surface area contributed by atoms with Crippen LogP contribution in [-0.4, -0.2) is 25.6 Å². The first-order valence-electron chi connectivity index (χ1n) is 12.1. The van der Waals surface area contributed by atoms with E-state index < -0.39 is 27.3 Å². The molecule has 11 heteroatoms. The molecule has 3 aromatic carbocycles. The average molecular weight is 614 g/mol. The summed E-state index contributed by atoms with van der Waals surface area (Å²) in [5.74, 6) is -2.21. The lowest BCUT2D eigenvalue weighted by Crippen LogP contribution is -2.41. The summed E-state index contributed by atoms with van der Waals surface area (Å²) in [6.45, 7) is 1.68. The van der Waals surface area contributed by atoms with Crippen LogP contribution in [0.5, 0.6) is 0 Å². The SMILES string of the molecule is CCOC(=O)C1=c2sc(=Cc3ccc(Cl)cc3)c(=O)n2C(N)=C(S(=O)(=O)c2ccccc2)C1c1ccc(Cl)cc1. The van der Waals surface area contributed by atoms with Crippen molar-refractivity contribution in [1.82, 2.24) is 4.57 Å². The molecule has 1 aliphatic heterocycles. The summed E-state index contributed by atoms with van der Waals surface area (Å²) in [7, 11) is -4.30. The van der Waals surface area contributed by atoms with Crippen molar-refractivity contribution >= 4 is 67.8 Å². The van der Waals surface area contributed by atoms with Crippen molar-refractivity contribution < 1.29 is 17.9 Å². The number of aromatic nitrogens is 1. The molecule has 0 radical (unpaired) electrons. The van der Waals surface area contributed by atoms with Crippen LogP contribution < -0.4 is 20.5 Å². The number of carbonyl (C=O) groups excluding carboxylic acids is 1. The molecular formula is C29H22Cl2N2O5S2. The maximum absolute atomic E-state index is 14.2. The summed E-state index contributed by atoms with van der Waals surface area (Å²) in [4.78, 5) is 27.0. The molecule has 40 heavy (non-hydrogen) atoms. The number of nitrogens with two attached hydrogens (primary N) is 1. The molecule has 1 atom stereocenters.